The molecular weight excluding hydrogens is 1500 g/mol. The Morgan fingerprint density at radius 3 is 1.22 bits per heavy atom. The second-order valence-electron chi connectivity index (χ2n) is 36.3. The fourth-order valence-corrected chi connectivity index (χ4v) is 24.8. The Morgan fingerprint density at radius 1 is 0.500 bits per heavy atom. The Kier molecular flexibility index (Phi) is 25.7. The molecule has 8 fully saturated rings. The maximum atomic E-state index is 14.3. The topological polar surface area (TPSA) is 227 Å². The van der Waals surface area contributed by atoms with Crippen molar-refractivity contribution < 1.29 is 58.2 Å². The Bertz CT molecular complexity index is 3370. The molecule has 10 aliphatic rings. The number of aliphatic hydroxyl groups excluding tert-OH is 2. The maximum Gasteiger partial charge on any atom is 0.369 e. The van der Waals surface area contributed by atoms with Crippen LogP contribution < -0.4 is 16.2 Å². The monoisotopic (exact) mass is 1620 g/mol. The van der Waals surface area contributed by atoms with E-state index >= 15 is 0 Å². The Hall–Kier alpha value is -2.97. The summed E-state index contributed by atoms with van der Waals surface area (Å²) in [5.41, 5.74) is 16.4. The van der Waals surface area contributed by atoms with Gasteiger partial charge in [0.05, 0.1) is 30.1 Å². The third-order valence-corrected chi connectivity index (χ3v) is 31.5. The molecule has 8 saturated carbocycles. The van der Waals surface area contributed by atoms with Gasteiger partial charge in [-0.3, -0.25) is 19.2 Å². The molecule has 22 atom stereocenters. The first-order valence-electron chi connectivity index (χ1n) is 38.6. The van der Waals surface area contributed by atoms with Gasteiger partial charge in [-0.1, -0.05) is 144 Å². The number of nitrogens with two attached hydrogens (primary N) is 2. The van der Waals surface area contributed by atoms with Gasteiger partial charge in [-0.25, -0.2) is 0 Å². The molecule has 7 N–H and O–H groups in total. The van der Waals surface area contributed by atoms with Gasteiger partial charge in [0.1, 0.15) is 50.0 Å². The minimum Gasteiger partial charge on any atom is -0.508 e. The number of hydrogen-bond donors (Lipinski definition) is 5. The van der Waals surface area contributed by atoms with Crippen molar-refractivity contribution in [2.24, 2.45) is 125 Å². The number of carbonyl (C=O) groups excluding carboxylic acids is 4. The molecule has 2 unspecified atom stereocenters. The molecule has 0 saturated heterocycles. The van der Waals surface area contributed by atoms with E-state index in [1.54, 1.807) is 31.4 Å². The predicted octanol–water partition coefficient (Wildman–Crippen LogP) is 17.6. The molecule has 0 spiro atoms. The molecular formula is C83H125BBr3ClN2O12. The molecule has 2 aromatic rings. The molecule has 0 amide bonds. The summed E-state index contributed by atoms with van der Waals surface area (Å²) < 4.78 is 28.5. The SMILES string of the molecule is BrB(Br)Br.COc1ccc(C[C@H](N)C(=O)OCCOC(=O)[C@]23CC[C@@H](C)[C@H](C)[C@H]2C2=CC[C@@H]4[C@@]5(C)CC[C@H](O)C(C)(C)C5CC[C@@]4(C)[C@]2(C)CC3)cc1.C[C@H]1[C@H](C)CC[C@]2(C(=O)OCCOC(=O)[C@@H](N)Cc3ccc(O)cc3)CC[C@]3(C)C(=CC[C@@H]4[C@@]5(C)CC[C@H](O)C(C)(C)C5CC[C@]43C)[C@H]12.Cl. The number of methoxy groups -OCH3 is 1. The van der Waals surface area contributed by atoms with E-state index in [0.717, 1.165) is 126 Å². The van der Waals surface area contributed by atoms with Crippen molar-refractivity contribution in [3.63, 3.8) is 0 Å². The lowest BCUT2D eigenvalue weighted by molar-refractivity contribution is -0.207. The summed E-state index contributed by atoms with van der Waals surface area (Å²) in [6, 6.07) is 12.4. The van der Waals surface area contributed by atoms with Crippen LogP contribution in [-0.4, -0.2) is 100 Å². The van der Waals surface area contributed by atoms with E-state index in [4.69, 9.17) is 35.2 Å². The molecule has 10 aliphatic carbocycles. The smallest absolute Gasteiger partial charge is 0.369 e. The molecule has 0 aliphatic heterocycles. The molecule has 0 heterocycles. The van der Waals surface area contributed by atoms with E-state index in [0.29, 0.717) is 60.2 Å². The summed E-state index contributed by atoms with van der Waals surface area (Å²) in [5.74, 6) is 3.83. The van der Waals surface area contributed by atoms with Crippen LogP contribution in [0.2, 0.25) is 0 Å². The summed E-state index contributed by atoms with van der Waals surface area (Å²) in [6.45, 7) is 34.0. The molecule has 12 rings (SSSR count). The number of halogens is 4. The van der Waals surface area contributed by atoms with Crippen LogP contribution in [0.1, 0.15) is 224 Å². The highest BCUT2D eigenvalue weighted by atomic mass is 79.9. The normalized spacial score (nSPS) is 40.0. The zero-order chi connectivity index (χ0) is 74.0. The summed E-state index contributed by atoms with van der Waals surface area (Å²) in [5, 5.41) is 31.6. The zero-order valence-electron chi connectivity index (χ0n) is 64.1. The van der Waals surface area contributed by atoms with Crippen LogP contribution >= 0.6 is 59.7 Å². The average molecular weight is 1630 g/mol. The first-order chi connectivity index (χ1) is 47.3. The number of benzene rings is 2. The van der Waals surface area contributed by atoms with Gasteiger partial charge < -0.3 is 50.5 Å². The number of rotatable bonds is 15. The second kappa shape index (κ2) is 31.6. The van der Waals surface area contributed by atoms with E-state index in [1.807, 2.05) is 24.3 Å². The van der Waals surface area contributed by atoms with Crippen molar-refractivity contribution in [1.29, 1.82) is 0 Å². The average Bonchev–Trinajstić information content (AvgIpc) is 0.681. The van der Waals surface area contributed by atoms with Gasteiger partial charge in [-0.2, -0.15) is 0 Å². The van der Waals surface area contributed by atoms with Crippen LogP contribution in [0.3, 0.4) is 0 Å². The number of ether oxygens (including phenoxy) is 5. The zero-order valence-corrected chi connectivity index (χ0v) is 69.7. The van der Waals surface area contributed by atoms with Gasteiger partial charge in [0.25, 0.3) is 0 Å². The van der Waals surface area contributed by atoms with E-state index in [1.165, 1.54) is 17.6 Å². The number of hydrogen-bond acceptors (Lipinski definition) is 14. The Morgan fingerprint density at radius 2 is 0.853 bits per heavy atom. The predicted molar refractivity (Wildman–Crippen MR) is 418 cm³/mol. The fourth-order valence-electron chi connectivity index (χ4n) is 24.8. The van der Waals surface area contributed by atoms with Crippen molar-refractivity contribution in [3.8, 4) is 11.5 Å². The number of aliphatic hydroxyl groups is 2. The number of aromatic hydroxyl groups is 1. The van der Waals surface area contributed by atoms with Crippen LogP contribution in [0, 0.1) is 113 Å². The summed E-state index contributed by atoms with van der Waals surface area (Å²) in [7, 11) is 1.61. The van der Waals surface area contributed by atoms with E-state index < -0.39 is 34.9 Å². The van der Waals surface area contributed by atoms with Crippen LogP contribution in [0.4, 0.5) is 0 Å². The van der Waals surface area contributed by atoms with Crippen molar-refractivity contribution in [2.45, 2.75) is 250 Å². The van der Waals surface area contributed by atoms with E-state index in [-0.39, 0.29) is 127 Å². The number of allylic oxidation sites excluding steroid dienone is 4. The highest BCUT2D eigenvalue weighted by Crippen LogP contribution is 2.78. The number of phenols is 1. The Labute approximate surface area is 642 Å². The summed E-state index contributed by atoms with van der Waals surface area (Å²) in [4.78, 5) is 53.9. The second-order valence-corrected chi connectivity index (χ2v) is 42.8. The highest BCUT2D eigenvalue weighted by molar-refractivity contribution is 9.69. The quantitative estimate of drug-likeness (QED) is 0.0368. The van der Waals surface area contributed by atoms with Gasteiger partial charge in [0.2, 0.25) is 0 Å². The van der Waals surface area contributed by atoms with Gasteiger partial charge >= 0.3 is 27.1 Å². The number of fused-ring (bicyclic) bond motifs is 14. The summed E-state index contributed by atoms with van der Waals surface area (Å²) >= 11 is 9.31. The van der Waals surface area contributed by atoms with Crippen LogP contribution in [0.25, 0.3) is 0 Å². The minimum absolute atomic E-state index is 0. The standard InChI is InChI=1S/C42H63NO6.C41H61NO6.BBr3.ClH/c1-26-15-20-42(37(46)49-24-23-48-36(45)31(43)25-28-9-11-29(47-8)12-10-28)22-21-40(6)30(35(42)27(26)2)13-14-33-39(5)18-17-34(44)38(3,4)32(39)16-19-41(33,40)7;1-25-14-19-41(36(46)48-23-22-47-35(45)30(42)24-27-8-10-28(43)11-9-27)21-20-39(6)29(34(41)26(25)2)12-13-32-38(5)17-16-33(44)37(3,4)31(38)15-18-40(32,39)7;2-1(3)4;/h9-13,26-27,31-35,44H,14-25,43H2,1-8H3;8-12,25-26,30-34,43-44H,13-24,42H2,1-7H3;;1H/t26-,27+,31+,32?,33-,34+,35+,39+,40-,41-,42+;25-,26+,30+,31?,32-,33+,34+,38+,39-,40-,41+;;/m11../s1. The molecule has 0 bridgehead atoms. The fraction of sp³-hybridized carbons (Fsp3) is 0.759. The van der Waals surface area contributed by atoms with Crippen molar-refractivity contribution in [2.75, 3.05) is 33.5 Å². The Balaban J connectivity index is 0.000000223. The van der Waals surface area contributed by atoms with Crippen molar-refractivity contribution >= 4 is 86.7 Å². The third kappa shape index (κ3) is 14.7. The van der Waals surface area contributed by atoms with E-state index in [2.05, 4.69) is 156 Å². The molecule has 14 nitrogen and oxygen atoms in total. The van der Waals surface area contributed by atoms with E-state index in [9.17, 15) is 34.5 Å². The first kappa shape index (κ1) is 83.1. The van der Waals surface area contributed by atoms with Crippen LogP contribution in [0.5, 0.6) is 11.5 Å². The highest BCUT2D eigenvalue weighted by Gasteiger charge is 2.72. The lowest BCUT2D eigenvalue weighted by atomic mass is 9.33. The number of phenolic OH excluding ortho intramolecular Hbond substituents is 1. The molecule has 0 radical (unpaired) electrons. The maximum absolute atomic E-state index is 14.3. The molecule has 570 valence electrons. The number of carbonyl (C=O) groups is 4. The van der Waals surface area contributed by atoms with Crippen molar-refractivity contribution in [3.05, 3.63) is 83.0 Å². The largest absolute Gasteiger partial charge is 0.508 e. The number of esters is 4. The molecule has 2 aromatic carbocycles. The van der Waals surface area contributed by atoms with Gasteiger partial charge in [0, 0.05) is 0 Å². The van der Waals surface area contributed by atoms with Crippen LogP contribution in [0.15, 0.2) is 71.8 Å². The lowest BCUT2D eigenvalue weighted by Crippen LogP contribution is -2.65. The third-order valence-electron chi connectivity index (χ3n) is 31.5. The first-order valence-corrected chi connectivity index (χ1v) is 41.3. The molecule has 102 heavy (non-hydrogen) atoms. The summed E-state index contributed by atoms with van der Waals surface area (Å²) in [6.07, 6.45) is 23.4. The minimum atomic E-state index is -0.838. The van der Waals surface area contributed by atoms with Gasteiger partial charge in [0.15, 0.2) is 0 Å². The van der Waals surface area contributed by atoms with Crippen molar-refractivity contribution in [1.82, 2.24) is 0 Å². The van der Waals surface area contributed by atoms with Crippen LogP contribution in [-0.2, 0) is 51.0 Å². The molecule has 19 heteroatoms. The van der Waals surface area contributed by atoms with Gasteiger partial charge in [-0.05, 0) is 266 Å². The van der Waals surface area contributed by atoms with Gasteiger partial charge in [-0.15, -0.1) is 59.7 Å². The molecule has 0 aromatic heterocycles. The lowest BCUT2D eigenvalue weighted by Gasteiger charge is -2.71.